The highest BCUT2D eigenvalue weighted by Gasteiger charge is 2.13. The number of aryl methyl sites for hydroxylation is 1. The van der Waals surface area contributed by atoms with Gasteiger partial charge in [-0.25, -0.2) is 0 Å². The summed E-state index contributed by atoms with van der Waals surface area (Å²) in [7, 11) is -3.57. The van der Waals surface area contributed by atoms with Gasteiger partial charge in [0.1, 0.15) is 0 Å². The number of benzene rings is 1. The topological polar surface area (TPSA) is 78.4 Å². The fourth-order valence-corrected chi connectivity index (χ4v) is 2.94. The molecule has 21 heavy (non-hydrogen) atoms. The molecule has 0 amide bonds. The maximum Gasteiger partial charge on any atom is 0.299 e. The molecule has 0 aliphatic heterocycles. The normalized spacial score (nSPS) is 11.1. The summed E-state index contributed by atoms with van der Waals surface area (Å²) in [5.41, 5.74) is 2.23. The third-order valence-corrected chi connectivity index (χ3v) is 3.86. The molecule has 1 rings (SSSR count). The summed E-state index contributed by atoms with van der Waals surface area (Å²) in [6.07, 6.45) is 1.11. The number of anilines is 1. The second-order valence-electron chi connectivity index (χ2n) is 4.88. The summed E-state index contributed by atoms with van der Waals surface area (Å²) in [5, 5.41) is 8.70. The predicted molar refractivity (Wildman–Crippen MR) is 85.2 cm³/mol. The first kappa shape index (κ1) is 17.5. The molecule has 116 valence electrons. The second-order valence-corrected chi connectivity index (χ2v) is 6.33. The molecule has 0 fully saturated rings. The van der Waals surface area contributed by atoms with Crippen LogP contribution in [0.15, 0.2) is 18.2 Å². The van der Waals surface area contributed by atoms with E-state index in [0.29, 0.717) is 18.5 Å². The lowest BCUT2D eigenvalue weighted by Crippen LogP contribution is -2.35. The molecule has 0 saturated carbocycles. The van der Waals surface area contributed by atoms with Gasteiger partial charge in [-0.15, -0.1) is 0 Å². The van der Waals surface area contributed by atoms with Crippen molar-refractivity contribution in [1.29, 1.82) is 0 Å². The molecule has 0 spiro atoms. The Hall–Kier alpha value is -1.55. The Morgan fingerprint density at radius 3 is 2.62 bits per heavy atom. The number of hydrogen-bond donors (Lipinski definition) is 3. The number of aliphatic hydroxyl groups is 1. The van der Waals surface area contributed by atoms with Crippen LogP contribution in [0.1, 0.15) is 38.3 Å². The molecule has 0 aromatic heterocycles. The van der Waals surface area contributed by atoms with Crippen LogP contribution in [-0.2, 0) is 16.6 Å². The van der Waals surface area contributed by atoms with Crippen LogP contribution in [-0.4, -0.2) is 26.2 Å². The van der Waals surface area contributed by atoms with Gasteiger partial charge in [-0.2, -0.15) is 13.1 Å². The lowest BCUT2D eigenvalue weighted by Gasteiger charge is -2.14. The van der Waals surface area contributed by atoms with Crippen molar-refractivity contribution in [3.05, 3.63) is 29.3 Å². The smallest absolute Gasteiger partial charge is 0.299 e. The Balaban J connectivity index is 2.97. The van der Waals surface area contributed by atoms with Crippen LogP contribution < -0.4 is 9.44 Å². The molecule has 0 unspecified atom stereocenters. The van der Waals surface area contributed by atoms with Crippen molar-refractivity contribution in [2.24, 2.45) is 0 Å². The van der Waals surface area contributed by atoms with Crippen LogP contribution in [0.3, 0.4) is 0 Å². The van der Waals surface area contributed by atoms with E-state index >= 15 is 0 Å². The van der Waals surface area contributed by atoms with E-state index in [1.807, 2.05) is 13.0 Å². The molecular formula is C15H22N2O3S. The quantitative estimate of drug-likeness (QED) is 0.699. The van der Waals surface area contributed by atoms with Gasteiger partial charge in [0.25, 0.3) is 10.2 Å². The maximum absolute atomic E-state index is 11.9. The van der Waals surface area contributed by atoms with Crippen molar-refractivity contribution >= 4 is 15.9 Å². The summed E-state index contributed by atoms with van der Waals surface area (Å²) >= 11 is 0. The van der Waals surface area contributed by atoms with Crippen molar-refractivity contribution in [3.8, 4) is 11.8 Å². The molecule has 5 nitrogen and oxygen atoms in total. The summed E-state index contributed by atoms with van der Waals surface area (Å²) < 4.78 is 28.8. The minimum Gasteiger partial charge on any atom is -0.395 e. The van der Waals surface area contributed by atoms with E-state index in [0.717, 1.165) is 11.1 Å². The van der Waals surface area contributed by atoms with Gasteiger partial charge in [-0.3, -0.25) is 4.72 Å². The molecule has 0 saturated heterocycles. The molecule has 0 atom stereocenters. The van der Waals surface area contributed by atoms with E-state index in [2.05, 4.69) is 21.3 Å². The first-order valence-corrected chi connectivity index (χ1v) is 8.39. The third kappa shape index (κ3) is 6.17. The fraction of sp³-hybridized carbons (Fsp3) is 0.467. The average molecular weight is 310 g/mol. The standard InChI is InChI=1S/C15H22N2O3S/c1-4-14-11-13(7-5-6-10-18)8-9-15(14)17-21(19,20)16-12(2)3/h8-9,11-12,16-18H,4,6,10H2,1-3H3. The van der Waals surface area contributed by atoms with E-state index < -0.39 is 10.2 Å². The Morgan fingerprint density at radius 2 is 2.05 bits per heavy atom. The molecule has 1 aromatic carbocycles. The van der Waals surface area contributed by atoms with Crippen LogP contribution in [0.2, 0.25) is 0 Å². The number of nitrogens with one attached hydrogen (secondary N) is 2. The Bertz CT molecular complexity index is 628. The lowest BCUT2D eigenvalue weighted by atomic mass is 10.1. The third-order valence-electron chi connectivity index (χ3n) is 2.59. The van der Waals surface area contributed by atoms with Gasteiger partial charge in [0.2, 0.25) is 0 Å². The van der Waals surface area contributed by atoms with E-state index in [1.54, 1.807) is 26.0 Å². The molecule has 6 heteroatoms. The average Bonchev–Trinajstić information content (AvgIpc) is 2.38. The monoisotopic (exact) mass is 310 g/mol. The van der Waals surface area contributed by atoms with Gasteiger partial charge in [-0.1, -0.05) is 18.8 Å². The molecule has 0 radical (unpaired) electrons. The van der Waals surface area contributed by atoms with Gasteiger partial charge in [0, 0.05) is 18.0 Å². The largest absolute Gasteiger partial charge is 0.395 e. The van der Waals surface area contributed by atoms with Gasteiger partial charge >= 0.3 is 0 Å². The van der Waals surface area contributed by atoms with Crippen molar-refractivity contribution in [2.45, 2.75) is 39.7 Å². The SMILES string of the molecule is CCc1cc(C#CCCO)ccc1NS(=O)(=O)NC(C)C. The minimum atomic E-state index is -3.57. The van der Waals surface area contributed by atoms with Gasteiger partial charge < -0.3 is 5.11 Å². The Kier molecular flexibility index (Phi) is 6.69. The zero-order valence-electron chi connectivity index (χ0n) is 12.6. The van der Waals surface area contributed by atoms with Gasteiger partial charge in [0.15, 0.2) is 0 Å². The molecule has 0 aliphatic carbocycles. The lowest BCUT2D eigenvalue weighted by molar-refractivity contribution is 0.305. The molecule has 0 bridgehead atoms. The predicted octanol–water partition coefficient (Wildman–Crippen LogP) is 1.64. The minimum absolute atomic E-state index is 0.0341. The molecule has 1 aromatic rings. The number of rotatable bonds is 6. The van der Waals surface area contributed by atoms with Crippen LogP contribution in [0.4, 0.5) is 5.69 Å². The first-order valence-electron chi connectivity index (χ1n) is 6.90. The molecule has 3 N–H and O–H groups in total. The number of hydrogen-bond acceptors (Lipinski definition) is 3. The molecular weight excluding hydrogens is 288 g/mol. The van der Waals surface area contributed by atoms with Crippen LogP contribution >= 0.6 is 0 Å². The Morgan fingerprint density at radius 1 is 1.33 bits per heavy atom. The van der Waals surface area contributed by atoms with E-state index in [1.165, 1.54) is 0 Å². The molecule has 0 heterocycles. The van der Waals surface area contributed by atoms with Crippen molar-refractivity contribution in [2.75, 3.05) is 11.3 Å². The van der Waals surface area contributed by atoms with Crippen molar-refractivity contribution in [1.82, 2.24) is 4.72 Å². The Labute approximate surface area is 127 Å². The summed E-state index contributed by atoms with van der Waals surface area (Å²) in [5.74, 6) is 5.79. The van der Waals surface area contributed by atoms with E-state index in [4.69, 9.17) is 5.11 Å². The van der Waals surface area contributed by atoms with Crippen LogP contribution in [0, 0.1) is 11.8 Å². The summed E-state index contributed by atoms with van der Waals surface area (Å²) in [4.78, 5) is 0. The second kappa shape index (κ2) is 8.03. The van der Waals surface area contributed by atoms with Crippen LogP contribution in [0.25, 0.3) is 0 Å². The summed E-state index contributed by atoms with van der Waals surface area (Å²) in [6.45, 7) is 5.51. The maximum atomic E-state index is 11.9. The highest BCUT2D eigenvalue weighted by molar-refractivity contribution is 7.90. The van der Waals surface area contributed by atoms with E-state index in [9.17, 15) is 8.42 Å². The first-order chi connectivity index (χ1) is 9.88. The van der Waals surface area contributed by atoms with Crippen molar-refractivity contribution < 1.29 is 13.5 Å². The zero-order chi connectivity index (χ0) is 15.9. The van der Waals surface area contributed by atoms with E-state index in [-0.39, 0.29) is 12.6 Å². The summed E-state index contributed by atoms with van der Waals surface area (Å²) in [6, 6.07) is 5.16. The number of aliphatic hydroxyl groups excluding tert-OH is 1. The van der Waals surface area contributed by atoms with Gasteiger partial charge in [-0.05, 0) is 44.0 Å². The van der Waals surface area contributed by atoms with Gasteiger partial charge in [0.05, 0.1) is 12.3 Å². The molecule has 0 aliphatic rings. The zero-order valence-corrected chi connectivity index (χ0v) is 13.4. The highest BCUT2D eigenvalue weighted by Crippen LogP contribution is 2.19. The highest BCUT2D eigenvalue weighted by atomic mass is 32.2. The van der Waals surface area contributed by atoms with Crippen LogP contribution in [0.5, 0.6) is 0 Å². The van der Waals surface area contributed by atoms with Crippen molar-refractivity contribution in [3.63, 3.8) is 0 Å². The fourth-order valence-electron chi connectivity index (χ4n) is 1.77.